The number of carboxylic acid groups (broad SMARTS) is 1. The average Bonchev–Trinajstić information content (AvgIpc) is 2.89. The normalized spacial score (nSPS) is 15.4. The summed E-state index contributed by atoms with van der Waals surface area (Å²) in [6.45, 7) is 4.27. The third-order valence-electron chi connectivity index (χ3n) is 7.12. The fraction of sp³-hybridized carbons (Fsp3) is 0.267. The van der Waals surface area contributed by atoms with Crippen molar-refractivity contribution in [3.05, 3.63) is 95.9 Å². The Kier molecular flexibility index (Phi) is 7.06. The lowest BCUT2D eigenvalue weighted by molar-refractivity contribution is -0.146. The summed E-state index contributed by atoms with van der Waals surface area (Å²) in [6.07, 6.45) is 1.08. The number of para-hydroxylation sites is 1. The first-order chi connectivity index (χ1) is 17.9. The van der Waals surface area contributed by atoms with Crippen LogP contribution in [-0.2, 0) is 10.2 Å². The Morgan fingerprint density at radius 2 is 1.78 bits per heavy atom. The molecule has 1 saturated heterocycles. The number of aryl methyl sites for hydroxylation is 1. The number of rotatable bonds is 8. The Morgan fingerprint density at radius 3 is 2.54 bits per heavy atom. The molecule has 0 bridgehead atoms. The molecular formula is C30H30FN3O3. The lowest BCUT2D eigenvalue weighted by Gasteiger charge is -2.39. The van der Waals surface area contributed by atoms with E-state index in [4.69, 9.17) is 4.74 Å². The molecule has 0 radical (unpaired) electrons. The number of halogens is 1. The van der Waals surface area contributed by atoms with Gasteiger partial charge in [0.2, 0.25) is 0 Å². The second-order valence-corrected chi connectivity index (χ2v) is 9.57. The van der Waals surface area contributed by atoms with Gasteiger partial charge in [-0.1, -0.05) is 48.5 Å². The lowest BCUT2D eigenvalue weighted by Crippen LogP contribution is -2.48. The van der Waals surface area contributed by atoms with Crippen LogP contribution in [0.2, 0.25) is 0 Å². The molecular weight excluding hydrogens is 469 g/mol. The Hall–Kier alpha value is -3.97. The van der Waals surface area contributed by atoms with Gasteiger partial charge in [0.15, 0.2) is 0 Å². The van der Waals surface area contributed by atoms with E-state index in [0.717, 1.165) is 27.8 Å². The molecule has 2 N–H and O–H groups in total. The highest BCUT2D eigenvalue weighted by atomic mass is 19.1. The zero-order valence-electron chi connectivity index (χ0n) is 20.8. The van der Waals surface area contributed by atoms with Gasteiger partial charge in [-0.3, -0.25) is 14.7 Å². The molecule has 190 valence electrons. The smallest absolute Gasteiger partial charge is 0.314 e. The van der Waals surface area contributed by atoms with Crippen molar-refractivity contribution in [1.29, 1.82) is 0 Å². The number of nitrogens with one attached hydrogen (secondary N) is 1. The van der Waals surface area contributed by atoms with Crippen molar-refractivity contribution in [2.24, 2.45) is 0 Å². The minimum absolute atomic E-state index is 0.381. The number of pyridine rings is 1. The molecule has 4 aromatic rings. The number of piperidine rings is 1. The quantitative estimate of drug-likeness (QED) is 0.313. The van der Waals surface area contributed by atoms with E-state index >= 15 is 0 Å². The Morgan fingerprint density at radius 1 is 1.05 bits per heavy atom. The summed E-state index contributed by atoms with van der Waals surface area (Å²) >= 11 is 0. The summed E-state index contributed by atoms with van der Waals surface area (Å²) < 4.78 is 20.3. The van der Waals surface area contributed by atoms with Gasteiger partial charge in [0.05, 0.1) is 10.9 Å². The van der Waals surface area contributed by atoms with E-state index in [1.54, 1.807) is 6.07 Å². The van der Waals surface area contributed by atoms with E-state index in [1.807, 2.05) is 67.6 Å². The van der Waals surface area contributed by atoms with Crippen molar-refractivity contribution in [2.75, 3.05) is 31.6 Å². The van der Waals surface area contributed by atoms with Crippen LogP contribution in [0, 0.1) is 12.7 Å². The zero-order chi connectivity index (χ0) is 25.8. The van der Waals surface area contributed by atoms with E-state index in [0.29, 0.717) is 50.5 Å². The minimum atomic E-state index is -0.850. The van der Waals surface area contributed by atoms with Gasteiger partial charge >= 0.3 is 5.97 Å². The molecule has 1 fully saturated rings. The lowest BCUT2D eigenvalue weighted by atomic mass is 9.73. The number of likely N-dealkylation sites (tertiary alicyclic amines) is 1. The third-order valence-corrected chi connectivity index (χ3v) is 7.12. The highest BCUT2D eigenvalue weighted by Crippen LogP contribution is 2.36. The molecule has 0 unspecified atom stereocenters. The third kappa shape index (κ3) is 5.42. The average molecular weight is 500 g/mol. The second kappa shape index (κ2) is 10.6. The van der Waals surface area contributed by atoms with Crippen molar-refractivity contribution >= 4 is 28.2 Å². The zero-order valence-corrected chi connectivity index (χ0v) is 20.8. The van der Waals surface area contributed by atoms with Crippen LogP contribution in [0.1, 0.15) is 24.1 Å². The Bertz CT molecular complexity index is 1400. The van der Waals surface area contributed by atoms with Crippen LogP contribution in [-0.4, -0.2) is 47.2 Å². The second-order valence-electron chi connectivity index (χ2n) is 9.57. The maximum Gasteiger partial charge on any atom is 0.314 e. The largest absolute Gasteiger partial charge is 0.492 e. The van der Waals surface area contributed by atoms with Crippen molar-refractivity contribution in [3.63, 3.8) is 0 Å². The van der Waals surface area contributed by atoms with Crippen molar-refractivity contribution in [3.8, 4) is 5.75 Å². The van der Waals surface area contributed by atoms with Gasteiger partial charge in [0, 0.05) is 41.1 Å². The number of aromatic nitrogens is 1. The number of benzene rings is 3. The SMILES string of the molecule is Cc1cc(Nc2cc(F)cc(OCCN3CCC(C(=O)O)(c4ccccc4)CC3)c2)c2ccccc2n1. The number of ether oxygens (including phenoxy) is 1. The molecule has 7 heteroatoms. The van der Waals surface area contributed by atoms with E-state index in [1.165, 1.54) is 12.1 Å². The number of hydrogen-bond acceptors (Lipinski definition) is 5. The number of anilines is 2. The molecule has 1 aliphatic heterocycles. The molecule has 6 nitrogen and oxygen atoms in total. The topological polar surface area (TPSA) is 74.7 Å². The fourth-order valence-electron chi connectivity index (χ4n) is 5.12. The maximum absolute atomic E-state index is 14.4. The Balaban J connectivity index is 1.21. The number of carbonyl (C=O) groups is 1. The summed E-state index contributed by atoms with van der Waals surface area (Å²) in [5, 5.41) is 14.3. The van der Waals surface area contributed by atoms with E-state index in [9.17, 15) is 14.3 Å². The van der Waals surface area contributed by atoms with Gasteiger partial charge in [-0.2, -0.15) is 0 Å². The molecule has 2 heterocycles. The maximum atomic E-state index is 14.4. The van der Waals surface area contributed by atoms with Gasteiger partial charge in [-0.25, -0.2) is 4.39 Å². The molecule has 1 aromatic heterocycles. The highest BCUT2D eigenvalue weighted by Gasteiger charge is 2.42. The monoisotopic (exact) mass is 499 g/mol. The van der Waals surface area contributed by atoms with Crippen molar-refractivity contribution in [2.45, 2.75) is 25.2 Å². The first-order valence-electron chi connectivity index (χ1n) is 12.5. The minimum Gasteiger partial charge on any atom is -0.492 e. The molecule has 0 saturated carbocycles. The first-order valence-corrected chi connectivity index (χ1v) is 12.5. The van der Waals surface area contributed by atoms with E-state index < -0.39 is 11.4 Å². The molecule has 3 aromatic carbocycles. The van der Waals surface area contributed by atoms with Gasteiger partial charge in [0.25, 0.3) is 0 Å². The van der Waals surface area contributed by atoms with Gasteiger partial charge in [-0.05, 0) is 56.6 Å². The van der Waals surface area contributed by atoms with Gasteiger partial charge in [0.1, 0.15) is 18.2 Å². The molecule has 5 rings (SSSR count). The van der Waals surface area contributed by atoms with Crippen LogP contribution in [0.25, 0.3) is 10.9 Å². The Labute approximate surface area is 215 Å². The van der Waals surface area contributed by atoms with Crippen LogP contribution in [0.5, 0.6) is 5.75 Å². The van der Waals surface area contributed by atoms with Gasteiger partial charge in [-0.15, -0.1) is 0 Å². The number of hydrogen-bond donors (Lipinski definition) is 2. The highest BCUT2D eigenvalue weighted by molar-refractivity contribution is 5.93. The van der Waals surface area contributed by atoms with Gasteiger partial charge < -0.3 is 15.2 Å². The molecule has 0 atom stereocenters. The number of carboxylic acids is 1. The summed E-state index contributed by atoms with van der Waals surface area (Å²) in [6, 6.07) is 23.9. The summed E-state index contributed by atoms with van der Waals surface area (Å²) in [5.74, 6) is -0.715. The predicted octanol–water partition coefficient (Wildman–Crippen LogP) is 5.92. The summed E-state index contributed by atoms with van der Waals surface area (Å²) in [7, 11) is 0. The van der Waals surface area contributed by atoms with Crippen LogP contribution < -0.4 is 10.1 Å². The van der Waals surface area contributed by atoms with E-state index in [2.05, 4.69) is 15.2 Å². The molecule has 0 spiro atoms. The fourth-order valence-corrected chi connectivity index (χ4v) is 5.12. The number of fused-ring (bicyclic) bond motifs is 1. The molecule has 0 aliphatic carbocycles. The number of nitrogens with zero attached hydrogens (tertiary/aromatic N) is 2. The van der Waals surface area contributed by atoms with Crippen molar-refractivity contribution in [1.82, 2.24) is 9.88 Å². The predicted molar refractivity (Wildman–Crippen MR) is 143 cm³/mol. The molecule has 1 aliphatic rings. The first kappa shape index (κ1) is 24.7. The van der Waals surface area contributed by atoms with Crippen LogP contribution in [0.15, 0.2) is 78.9 Å². The van der Waals surface area contributed by atoms with Crippen LogP contribution in [0.4, 0.5) is 15.8 Å². The standard InChI is InChI=1S/C30H30FN3O3/c1-21-17-28(26-9-5-6-10-27(26)32-21)33-24-18-23(31)19-25(20-24)37-16-15-34-13-11-30(12-14-34,29(35)36)22-7-3-2-4-8-22/h2-10,17-20H,11-16H2,1H3,(H,32,33)(H,35,36). The number of aliphatic carboxylic acids is 1. The summed E-state index contributed by atoms with van der Waals surface area (Å²) in [5.41, 5.74) is 3.20. The van der Waals surface area contributed by atoms with Crippen LogP contribution >= 0.6 is 0 Å². The molecule has 37 heavy (non-hydrogen) atoms. The van der Waals surface area contributed by atoms with Crippen LogP contribution in [0.3, 0.4) is 0 Å². The summed E-state index contributed by atoms with van der Waals surface area (Å²) in [4.78, 5) is 18.9. The molecule has 0 amide bonds. The van der Waals surface area contributed by atoms with Crippen molar-refractivity contribution < 1.29 is 19.0 Å². The van der Waals surface area contributed by atoms with E-state index in [-0.39, 0.29) is 5.82 Å².